The van der Waals surface area contributed by atoms with E-state index in [4.69, 9.17) is 0 Å². The van der Waals surface area contributed by atoms with E-state index in [1.165, 1.54) is 5.56 Å². The smallest absolute Gasteiger partial charge is 0.220 e. The fourth-order valence-electron chi connectivity index (χ4n) is 4.97. The monoisotopic (exact) mass is 550 g/mol. The summed E-state index contributed by atoms with van der Waals surface area (Å²) in [5, 5.41) is 4.34. The summed E-state index contributed by atoms with van der Waals surface area (Å²) in [6.45, 7) is 8.82. The maximum absolute atomic E-state index is 14.3. The molecule has 0 saturated carbocycles. The lowest BCUT2D eigenvalue weighted by Crippen LogP contribution is -2.45. The van der Waals surface area contributed by atoms with E-state index in [9.17, 15) is 22.0 Å². The fraction of sp³-hybridized carbons (Fsp3) is 0.567. The highest BCUT2D eigenvalue weighted by Gasteiger charge is 2.40. The number of hydrogen-bond donors (Lipinski definition) is 2. The van der Waals surface area contributed by atoms with Crippen molar-refractivity contribution in [2.45, 2.75) is 102 Å². The Labute approximate surface area is 227 Å². The van der Waals surface area contributed by atoms with E-state index in [1.54, 1.807) is 0 Å². The topological polar surface area (TPSA) is 75.3 Å². The molecule has 8 heteroatoms. The summed E-state index contributed by atoms with van der Waals surface area (Å²) in [6.07, 6.45) is 4.29. The van der Waals surface area contributed by atoms with Gasteiger partial charge < -0.3 is 10.6 Å². The Kier molecular flexibility index (Phi) is 13.4. The minimum atomic E-state index is -3.91. The maximum Gasteiger partial charge on any atom is 0.220 e. The normalized spacial score (nSPS) is 13.4. The zero-order valence-corrected chi connectivity index (χ0v) is 24.0. The van der Waals surface area contributed by atoms with Crippen LogP contribution >= 0.6 is 0 Å². The largest absolute Gasteiger partial charge is 0.352 e. The van der Waals surface area contributed by atoms with E-state index in [-0.39, 0.29) is 24.3 Å². The van der Waals surface area contributed by atoms with E-state index < -0.39 is 38.0 Å². The molecule has 0 fully saturated rings. The van der Waals surface area contributed by atoms with Gasteiger partial charge in [0.15, 0.2) is 9.84 Å². The lowest BCUT2D eigenvalue weighted by molar-refractivity contribution is -0.121. The van der Waals surface area contributed by atoms with Crippen molar-refractivity contribution >= 4 is 15.7 Å². The number of carbonyl (C=O) groups is 1. The Morgan fingerprint density at radius 2 is 1.50 bits per heavy atom. The lowest BCUT2D eigenvalue weighted by Gasteiger charge is -2.32. The van der Waals surface area contributed by atoms with Gasteiger partial charge in [0.1, 0.15) is 16.9 Å². The first-order chi connectivity index (χ1) is 18.2. The molecule has 0 radical (unpaired) electrons. The van der Waals surface area contributed by atoms with E-state index in [2.05, 4.69) is 29.7 Å². The molecule has 0 aliphatic carbocycles. The van der Waals surface area contributed by atoms with Crippen molar-refractivity contribution in [1.29, 1.82) is 0 Å². The van der Waals surface area contributed by atoms with Gasteiger partial charge in [-0.3, -0.25) is 4.79 Å². The summed E-state index contributed by atoms with van der Waals surface area (Å²) in [4.78, 5) is 12.7. The molecule has 2 atom stereocenters. The second kappa shape index (κ2) is 15.9. The third kappa shape index (κ3) is 9.45. The number of halogens is 2. The van der Waals surface area contributed by atoms with Gasteiger partial charge in [-0.05, 0) is 67.5 Å². The molecular formula is C30H44F2N2O3S. The predicted octanol–water partition coefficient (Wildman–Crippen LogP) is 6.42. The van der Waals surface area contributed by atoms with Crippen molar-refractivity contribution in [2.75, 3.05) is 6.54 Å². The second-order valence-electron chi connectivity index (χ2n) is 9.97. The van der Waals surface area contributed by atoms with Gasteiger partial charge in [0.25, 0.3) is 0 Å². The molecule has 1 amide bonds. The first-order valence-corrected chi connectivity index (χ1v) is 15.5. The predicted molar refractivity (Wildman–Crippen MR) is 151 cm³/mol. The molecule has 0 spiro atoms. The molecule has 5 nitrogen and oxygen atoms in total. The number of benzene rings is 2. The van der Waals surface area contributed by atoms with Gasteiger partial charge in [-0.25, -0.2) is 17.2 Å². The molecule has 2 rings (SSSR count). The van der Waals surface area contributed by atoms with Crippen LogP contribution in [0.5, 0.6) is 0 Å². The molecule has 38 heavy (non-hydrogen) atoms. The molecular weight excluding hydrogens is 506 g/mol. The standard InChI is InChI=1S/C30H44F2N2O3S/c1-5-10-27(11-6-2)38(36,37)30(24-18-25(31)20-26(32)19-24)28(34-29(35)12-7-3)15-16-33-21-23-14-9-13-22(8-4)17-23/h9,13-14,17-20,27-28,30,33H,5-8,10-12,15-16,21H2,1-4H3,(H,34,35)/t28-,30?/m0/s1. The highest BCUT2D eigenvalue weighted by molar-refractivity contribution is 7.92. The van der Waals surface area contributed by atoms with Gasteiger partial charge in [-0.2, -0.15) is 0 Å². The van der Waals surface area contributed by atoms with Crippen LogP contribution in [0, 0.1) is 11.6 Å². The summed E-state index contributed by atoms with van der Waals surface area (Å²) in [5.74, 6) is -1.95. The highest BCUT2D eigenvalue weighted by atomic mass is 32.2. The van der Waals surface area contributed by atoms with Gasteiger partial charge in [0.2, 0.25) is 5.91 Å². The average molecular weight is 551 g/mol. The average Bonchev–Trinajstić information content (AvgIpc) is 2.86. The van der Waals surface area contributed by atoms with Gasteiger partial charge in [0.05, 0.1) is 11.3 Å². The summed E-state index contributed by atoms with van der Waals surface area (Å²) >= 11 is 0. The first kappa shape index (κ1) is 31.9. The van der Waals surface area contributed by atoms with Crippen LogP contribution in [-0.4, -0.2) is 32.2 Å². The first-order valence-electron chi connectivity index (χ1n) is 13.9. The zero-order valence-electron chi connectivity index (χ0n) is 23.2. The van der Waals surface area contributed by atoms with Crippen LogP contribution in [0.1, 0.15) is 94.6 Å². The Morgan fingerprint density at radius 3 is 2.08 bits per heavy atom. The number of aryl methyl sites for hydroxylation is 1. The number of hydrogen-bond acceptors (Lipinski definition) is 4. The highest BCUT2D eigenvalue weighted by Crippen LogP contribution is 2.35. The van der Waals surface area contributed by atoms with Gasteiger partial charge in [-0.1, -0.05) is 64.8 Å². The molecule has 0 aliphatic heterocycles. The number of sulfone groups is 1. The molecule has 0 aromatic heterocycles. The van der Waals surface area contributed by atoms with Crippen molar-refractivity contribution in [3.8, 4) is 0 Å². The van der Waals surface area contributed by atoms with E-state index >= 15 is 0 Å². The quantitative estimate of drug-likeness (QED) is 0.223. The number of carbonyl (C=O) groups excluding carboxylic acids is 1. The molecule has 2 aromatic carbocycles. The van der Waals surface area contributed by atoms with Crippen molar-refractivity contribution in [3.63, 3.8) is 0 Å². The van der Waals surface area contributed by atoms with Crippen LogP contribution in [0.25, 0.3) is 0 Å². The molecule has 212 valence electrons. The summed E-state index contributed by atoms with van der Waals surface area (Å²) < 4.78 is 56.9. The van der Waals surface area contributed by atoms with Crippen LogP contribution in [-0.2, 0) is 27.6 Å². The maximum atomic E-state index is 14.3. The number of nitrogens with one attached hydrogen (secondary N) is 2. The fourth-order valence-corrected chi connectivity index (χ4v) is 7.69. The van der Waals surface area contributed by atoms with Crippen LogP contribution in [0.2, 0.25) is 0 Å². The van der Waals surface area contributed by atoms with Crippen molar-refractivity contribution in [3.05, 3.63) is 70.8 Å². The van der Waals surface area contributed by atoms with Crippen molar-refractivity contribution < 1.29 is 22.0 Å². The molecule has 2 aromatic rings. The van der Waals surface area contributed by atoms with Crippen LogP contribution in [0.3, 0.4) is 0 Å². The number of rotatable bonds is 17. The molecule has 1 unspecified atom stereocenters. The zero-order chi connectivity index (χ0) is 28.1. The molecule has 0 heterocycles. The van der Waals surface area contributed by atoms with Gasteiger partial charge in [-0.15, -0.1) is 0 Å². The third-order valence-corrected chi connectivity index (χ3v) is 9.51. The number of amides is 1. The Hall–Kier alpha value is -2.32. The van der Waals surface area contributed by atoms with Gasteiger partial charge >= 0.3 is 0 Å². The third-order valence-electron chi connectivity index (χ3n) is 6.80. The Bertz CT molecular complexity index is 1100. The van der Waals surface area contributed by atoms with Crippen LogP contribution in [0.4, 0.5) is 8.78 Å². The summed E-state index contributed by atoms with van der Waals surface area (Å²) in [5.41, 5.74) is 2.38. The SMILES string of the molecule is CCCC(=O)N[C@@H](CCNCc1cccc(CC)c1)C(c1cc(F)cc(F)c1)S(=O)(=O)C(CCC)CCC. The van der Waals surface area contributed by atoms with E-state index in [0.29, 0.717) is 45.2 Å². The minimum absolute atomic E-state index is 0.0390. The van der Waals surface area contributed by atoms with Crippen LogP contribution in [0.15, 0.2) is 42.5 Å². The Balaban J connectivity index is 2.43. The molecule has 2 N–H and O–H groups in total. The van der Waals surface area contributed by atoms with E-state index in [0.717, 1.165) is 30.2 Å². The lowest BCUT2D eigenvalue weighted by atomic mass is 10.0. The molecule has 0 saturated heterocycles. The Morgan fingerprint density at radius 1 is 0.868 bits per heavy atom. The summed E-state index contributed by atoms with van der Waals surface area (Å²) in [6, 6.07) is 10.3. The van der Waals surface area contributed by atoms with E-state index in [1.807, 2.05) is 32.9 Å². The summed E-state index contributed by atoms with van der Waals surface area (Å²) in [7, 11) is -3.91. The minimum Gasteiger partial charge on any atom is -0.352 e. The van der Waals surface area contributed by atoms with Crippen molar-refractivity contribution in [2.24, 2.45) is 0 Å². The van der Waals surface area contributed by atoms with Crippen LogP contribution < -0.4 is 10.6 Å². The second-order valence-corrected chi connectivity index (χ2v) is 12.3. The van der Waals surface area contributed by atoms with Gasteiger partial charge in [0, 0.05) is 19.0 Å². The molecule has 0 bridgehead atoms. The van der Waals surface area contributed by atoms with Crippen molar-refractivity contribution in [1.82, 2.24) is 10.6 Å². The molecule has 0 aliphatic rings.